The second-order valence-corrected chi connectivity index (χ2v) is 7.43. The van der Waals surface area contributed by atoms with E-state index in [1.807, 2.05) is 30.5 Å². The lowest BCUT2D eigenvalue weighted by Crippen LogP contribution is -2.52. The number of rotatable bonds is 4. The lowest BCUT2D eigenvalue weighted by molar-refractivity contribution is -0.144. The number of anilines is 1. The maximum atomic E-state index is 12.9. The number of hydrogen-bond donors (Lipinski definition) is 1. The van der Waals surface area contributed by atoms with Gasteiger partial charge < -0.3 is 15.5 Å². The molecule has 2 fully saturated rings. The third-order valence-corrected chi connectivity index (χ3v) is 5.68. The van der Waals surface area contributed by atoms with Gasteiger partial charge in [-0.3, -0.25) is 14.4 Å². The van der Waals surface area contributed by atoms with Gasteiger partial charge in [0.1, 0.15) is 6.04 Å². The molecule has 1 aromatic carbocycles. The summed E-state index contributed by atoms with van der Waals surface area (Å²) < 4.78 is 0. The van der Waals surface area contributed by atoms with Gasteiger partial charge in [0.15, 0.2) is 0 Å². The zero-order valence-electron chi connectivity index (χ0n) is 14.3. The molecule has 0 aliphatic carbocycles. The van der Waals surface area contributed by atoms with Gasteiger partial charge in [0.05, 0.1) is 5.92 Å². The van der Waals surface area contributed by atoms with Crippen LogP contribution in [0.4, 0.5) is 5.69 Å². The number of nitrogens with zero attached hydrogens (tertiary/aromatic N) is 2. The minimum Gasteiger partial charge on any atom is -0.368 e. The molecule has 0 saturated carbocycles. The maximum absolute atomic E-state index is 12.9. The van der Waals surface area contributed by atoms with E-state index < -0.39 is 17.9 Å². The van der Waals surface area contributed by atoms with Crippen molar-refractivity contribution in [3.05, 3.63) is 24.3 Å². The van der Waals surface area contributed by atoms with Crippen molar-refractivity contribution in [2.24, 2.45) is 11.7 Å². The smallest absolute Gasteiger partial charge is 0.240 e. The van der Waals surface area contributed by atoms with Gasteiger partial charge in [0, 0.05) is 30.1 Å². The number of primary amides is 1. The SMILES string of the molecule is CSc1cccc(N2C[C@H](C(=O)N3CCCC[C@H]3C(N)=O)CC2=O)c1. The minimum absolute atomic E-state index is 0.0516. The first-order valence-electron chi connectivity index (χ1n) is 8.55. The number of benzene rings is 1. The van der Waals surface area contributed by atoms with Gasteiger partial charge >= 0.3 is 0 Å². The summed E-state index contributed by atoms with van der Waals surface area (Å²) >= 11 is 1.61. The molecule has 0 unspecified atom stereocenters. The van der Waals surface area contributed by atoms with Crippen molar-refractivity contribution in [1.29, 1.82) is 0 Å². The Morgan fingerprint density at radius 2 is 2.08 bits per heavy atom. The Bertz CT molecular complexity index is 694. The quantitative estimate of drug-likeness (QED) is 0.826. The predicted octanol–water partition coefficient (Wildman–Crippen LogP) is 1.63. The van der Waals surface area contributed by atoms with Crippen molar-refractivity contribution in [3.8, 4) is 0 Å². The van der Waals surface area contributed by atoms with Gasteiger partial charge in [0.2, 0.25) is 17.7 Å². The molecule has 6 nitrogen and oxygen atoms in total. The zero-order chi connectivity index (χ0) is 18.0. The Hall–Kier alpha value is -2.02. The molecule has 25 heavy (non-hydrogen) atoms. The van der Waals surface area contributed by atoms with Crippen LogP contribution in [-0.2, 0) is 14.4 Å². The van der Waals surface area contributed by atoms with Gasteiger partial charge in [-0.15, -0.1) is 11.8 Å². The molecule has 2 heterocycles. The molecule has 2 aliphatic rings. The third kappa shape index (κ3) is 3.66. The molecule has 0 aromatic heterocycles. The maximum Gasteiger partial charge on any atom is 0.240 e. The summed E-state index contributed by atoms with van der Waals surface area (Å²) in [6, 6.07) is 7.21. The van der Waals surface area contributed by atoms with Gasteiger partial charge in [-0.1, -0.05) is 6.07 Å². The van der Waals surface area contributed by atoms with Crippen molar-refractivity contribution in [2.75, 3.05) is 24.2 Å². The fraction of sp³-hybridized carbons (Fsp3) is 0.500. The summed E-state index contributed by atoms with van der Waals surface area (Å²) in [6.07, 6.45) is 4.55. The zero-order valence-corrected chi connectivity index (χ0v) is 15.1. The minimum atomic E-state index is -0.537. The molecule has 2 atom stereocenters. The van der Waals surface area contributed by atoms with Gasteiger partial charge in [0.25, 0.3) is 0 Å². The summed E-state index contributed by atoms with van der Waals surface area (Å²) in [5, 5.41) is 0. The van der Waals surface area contributed by atoms with E-state index in [1.165, 1.54) is 0 Å². The van der Waals surface area contributed by atoms with Crippen LogP contribution in [0.25, 0.3) is 0 Å². The van der Waals surface area contributed by atoms with Crippen LogP contribution in [-0.4, -0.2) is 48.0 Å². The number of hydrogen-bond acceptors (Lipinski definition) is 4. The van der Waals surface area contributed by atoms with E-state index in [0.29, 0.717) is 19.5 Å². The normalized spacial score (nSPS) is 23.8. The van der Waals surface area contributed by atoms with Crippen LogP contribution in [0.5, 0.6) is 0 Å². The molecule has 3 amide bonds. The molecule has 1 aromatic rings. The van der Waals surface area contributed by atoms with Gasteiger partial charge in [-0.25, -0.2) is 0 Å². The first kappa shape index (κ1) is 17.8. The lowest BCUT2D eigenvalue weighted by atomic mass is 9.98. The summed E-state index contributed by atoms with van der Waals surface area (Å²) in [6.45, 7) is 0.899. The van der Waals surface area contributed by atoms with E-state index >= 15 is 0 Å². The molecule has 2 aliphatic heterocycles. The highest BCUT2D eigenvalue weighted by Crippen LogP contribution is 2.30. The highest BCUT2D eigenvalue weighted by molar-refractivity contribution is 7.98. The largest absolute Gasteiger partial charge is 0.368 e. The van der Waals surface area contributed by atoms with Gasteiger partial charge in [-0.2, -0.15) is 0 Å². The number of piperidine rings is 1. The summed E-state index contributed by atoms with van der Waals surface area (Å²) in [5.41, 5.74) is 6.28. The van der Waals surface area contributed by atoms with E-state index in [9.17, 15) is 14.4 Å². The Labute approximate surface area is 151 Å². The van der Waals surface area contributed by atoms with E-state index in [4.69, 9.17) is 5.73 Å². The second-order valence-electron chi connectivity index (χ2n) is 6.55. The number of likely N-dealkylation sites (tertiary alicyclic amines) is 1. The van der Waals surface area contributed by atoms with E-state index in [0.717, 1.165) is 23.4 Å². The predicted molar refractivity (Wildman–Crippen MR) is 97.2 cm³/mol. The second kappa shape index (κ2) is 7.47. The standard InChI is InChI=1S/C18H23N3O3S/c1-25-14-6-4-5-13(10-14)21-11-12(9-16(21)22)18(24)20-8-3-2-7-15(20)17(19)23/h4-6,10,12,15H,2-3,7-9,11H2,1H3,(H2,19,23)/t12-,15+/m1/s1. The molecule has 2 saturated heterocycles. The van der Waals surface area contributed by atoms with Crippen LogP contribution in [0, 0.1) is 5.92 Å². The van der Waals surface area contributed by atoms with E-state index in [1.54, 1.807) is 21.6 Å². The van der Waals surface area contributed by atoms with Crippen LogP contribution in [0.1, 0.15) is 25.7 Å². The van der Waals surface area contributed by atoms with Gasteiger partial charge in [-0.05, 0) is 43.7 Å². The molecular weight excluding hydrogens is 338 g/mol. The highest BCUT2D eigenvalue weighted by atomic mass is 32.2. The average Bonchev–Trinajstić information content (AvgIpc) is 3.02. The molecule has 0 bridgehead atoms. The first-order valence-corrected chi connectivity index (χ1v) is 9.78. The molecule has 134 valence electrons. The number of carbonyl (C=O) groups excluding carboxylic acids is 3. The van der Waals surface area contributed by atoms with E-state index in [-0.39, 0.29) is 18.2 Å². The number of carbonyl (C=O) groups is 3. The summed E-state index contributed by atoms with van der Waals surface area (Å²) in [4.78, 5) is 41.3. The van der Waals surface area contributed by atoms with E-state index in [2.05, 4.69) is 0 Å². The van der Waals surface area contributed by atoms with Crippen LogP contribution in [0.15, 0.2) is 29.2 Å². The molecular formula is C18H23N3O3S. The Morgan fingerprint density at radius 1 is 1.28 bits per heavy atom. The van der Waals surface area contributed by atoms with Crippen molar-refractivity contribution < 1.29 is 14.4 Å². The molecule has 3 rings (SSSR count). The van der Waals surface area contributed by atoms with Crippen molar-refractivity contribution >= 4 is 35.2 Å². The first-order chi connectivity index (χ1) is 12.0. The van der Waals surface area contributed by atoms with Crippen LogP contribution < -0.4 is 10.6 Å². The summed E-state index contributed by atoms with van der Waals surface area (Å²) in [5.74, 6) is -1.04. The molecule has 0 spiro atoms. The summed E-state index contributed by atoms with van der Waals surface area (Å²) in [7, 11) is 0. The Kier molecular flexibility index (Phi) is 5.32. The Balaban J connectivity index is 1.75. The van der Waals surface area contributed by atoms with Crippen molar-refractivity contribution in [3.63, 3.8) is 0 Å². The third-order valence-electron chi connectivity index (χ3n) is 4.95. The van der Waals surface area contributed by atoms with Crippen LogP contribution in [0.3, 0.4) is 0 Å². The van der Waals surface area contributed by atoms with Crippen LogP contribution in [0.2, 0.25) is 0 Å². The molecule has 7 heteroatoms. The van der Waals surface area contributed by atoms with Crippen molar-refractivity contribution in [2.45, 2.75) is 36.6 Å². The number of nitrogens with two attached hydrogens (primary N) is 1. The Morgan fingerprint density at radius 3 is 2.80 bits per heavy atom. The topological polar surface area (TPSA) is 83.7 Å². The van der Waals surface area contributed by atoms with Crippen molar-refractivity contribution in [1.82, 2.24) is 4.90 Å². The monoisotopic (exact) mass is 361 g/mol. The fourth-order valence-electron chi connectivity index (χ4n) is 3.63. The number of amides is 3. The highest BCUT2D eigenvalue weighted by Gasteiger charge is 2.40. The molecule has 0 radical (unpaired) electrons. The average molecular weight is 361 g/mol. The fourth-order valence-corrected chi connectivity index (χ4v) is 4.08. The number of thioether (sulfide) groups is 1. The molecule has 2 N–H and O–H groups in total. The van der Waals surface area contributed by atoms with Crippen LogP contribution >= 0.6 is 11.8 Å². The lowest BCUT2D eigenvalue weighted by Gasteiger charge is -2.35.